The van der Waals surface area contributed by atoms with Crippen molar-refractivity contribution in [3.63, 3.8) is 0 Å². The average Bonchev–Trinajstić information content (AvgIpc) is 1.86. The molecule has 63 valence electrons. The summed E-state index contributed by atoms with van der Waals surface area (Å²) in [4.78, 5) is 0. The van der Waals surface area contributed by atoms with Gasteiger partial charge in [0.05, 0.1) is 0 Å². The Morgan fingerprint density at radius 1 is 1.45 bits per heavy atom. The molecule has 0 heterocycles. The molecule has 0 aliphatic heterocycles. The zero-order valence-electron chi connectivity index (χ0n) is 8.15. The summed E-state index contributed by atoms with van der Waals surface area (Å²) in [6.45, 7) is 8.57. The van der Waals surface area contributed by atoms with Crippen LogP contribution in [0.3, 0.4) is 0 Å². The Balaban J connectivity index is 3.59. The number of hydrogen-bond acceptors (Lipinski definition) is 0. The van der Waals surface area contributed by atoms with Gasteiger partial charge in [-0.2, -0.15) is 0 Å². The van der Waals surface area contributed by atoms with E-state index in [0.29, 0.717) is 5.92 Å². The quantitative estimate of drug-likeness (QED) is 0.537. The van der Waals surface area contributed by atoms with Gasteiger partial charge in [-0.15, -0.1) is 0 Å². The molecular weight excluding hydrogens is 132 g/mol. The topological polar surface area (TPSA) is 0 Å². The first-order chi connectivity index (χ1) is 5.16. The standard InChI is InChI=1S/C11H19/c1-5-6-7-8-11(4)9-10(2)3/h6,9-10H,7-8H2,1-4H3. The molecule has 0 amide bonds. The summed E-state index contributed by atoms with van der Waals surface area (Å²) in [6.07, 6.45) is 9.75. The van der Waals surface area contributed by atoms with Gasteiger partial charge in [0, 0.05) is 0 Å². The molecule has 0 atom stereocenters. The third-order valence-electron chi connectivity index (χ3n) is 1.50. The summed E-state index contributed by atoms with van der Waals surface area (Å²) in [5.41, 5.74) is 1.49. The molecule has 0 N–H and O–H groups in total. The van der Waals surface area contributed by atoms with Crippen molar-refractivity contribution in [1.29, 1.82) is 0 Å². The lowest BCUT2D eigenvalue weighted by Gasteiger charge is -2.00. The molecule has 0 aliphatic carbocycles. The van der Waals surface area contributed by atoms with Gasteiger partial charge in [-0.05, 0) is 32.6 Å². The molecule has 0 heteroatoms. The molecule has 0 spiro atoms. The van der Waals surface area contributed by atoms with Crippen LogP contribution < -0.4 is 0 Å². The summed E-state index contributed by atoms with van der Waals surface area (Å²) < 4.78 is 0. The lowest BCUT2D eigenvalue weighted by Crippen LogP contribution is -1.83. The van der Waals surface area contributed by atoms with Crippen molar-refractivity contribution in [3.05, 3.63) is 23.8 Å². The SMILES string of the molecule is C/[C]=C/CCC(C)=CC(C)C. The van der Waals surface area contributed by atoms with Gasteiger partial charge in [-0.3, -0.25) is 0 Å². The highest BCUT2D eigenvalue weighted by molar-refractivity contribution is 5.00. The molecule has 11 heavy (non-hydrogen) atoms. The Labute approximate surface area is 71.0 Å². The van der Waals surface area contributed by atoms with Gasteiger partial charge >= 0.3 is 0 Å². The third-order valence-corrected chi connectivity index (χ3v) is 1.50. The molecule has 0 aromatic rings. The molecule has 0 fully saturated rings. The molecule has 0 aromatic carbocycles. The Morgan fingerprint density at radius 2 is 2.09 bits per heavy atom. The molecule has 0 rings (SSSR count). The lowest BCUT2D eigenvalue weighted by molar-refractivity contribution is 0.806. The largest absolute Gasteiger partial charge is 0.0830 e. The Morgan fingerprint density at radius 3 is 2.55 bits per heavy atom. The number of hydrogen-bond donors (Lipinski definition) is 0. The van der Waals surface area contributed by atoms with Gasteiger partial charge < -0.3 is 0 Å². The van der Waals surface area contributed by atoms with Gasteiger partial charge in [0.1, 0.15) is 0 Å². The van der Waals surface area contributed by atoms with Crippen LogP contribution in [0.4, 0.5) is 0 Å². The highest BCUT2D eigenvalue weighted by atomic mass is 14.0. The van der Waals surface area contributed by atoms with Crippen LogP contribution in [-0.4, -0.2) is 0 Å². The molecule has 0 aliphatic rings. The molecule has 1 radical (unpaired) electrons. The molecule has 0 bridgehead atoms. The Kier molecular flexibility index (Phi) is 5.91. The van der Waals surface area contributed by atoms with Crippen molar-refractivity contribution in [3.8, 4) is 0 Å². The Bertz CT molecular complexity index is 138. The molecule has 0 unspecified atom stereocenters. The first-order valence-electron chi connectivity index (χ1n) is 4.33. The second kappa shape index (κ2) is 6.21. The summed E-state index contributed by atoms with van der Waals surface area (Å²) in [7, 11) is 0. The van der Waals surface area contributed by atoms with Crippen molar-refractivity contribution in [2.75, 3.05) is 0 Å². The van der Waals surface area contributed by atoms with Crippen molar-refractivity contribution in [2.45, 2.75) is 40.5 Å². The van der Waals surface area contributed by atoms with Gasteiger partial charge in [0.15, 0.2) is 0 Å². The van der Waals surface area contributed by atoms with Crippen LogP contribution in [-0.2, 0) is 0 Å². The van der Waals surface area contributed by atoms with Crippen molar-refractivity contribution in [2.24, 2.45) is 5.92 Å². The van der Waals surface area contributed by atoms with Crippen molar-refractivity contribution in [1.82, 2.24) is 0 Å². The first kappa shape index (κ1) is 10.5. The monoisotopic (exact) mass is 151 g/mol. The third kappa shape index (κ3) is 7.38. The number of rotatable bonds is 4. The summed E-state index contributed by atoms with van der Waals surface area (Å²) in [5.74, 6) is 0.685. The van der Waals surface area contributed by atoms with E-state index >= 15 is 0 Å². The molecule has 0 aromatic heterocycles. The number of allylic oxidation sites excluding steroid dienone is 4. The summed E-state index contributed by atoms with van der Waals surface area (Å²) in [5, 5.41) is 0. The minimum Gasteiger partial charge on any atom is -0.0830 e. The molecule has 0 saturated carbocycles. The maximum Gasteiger partial charge on any atom is -0.0288 e. The Hall–Kier alpha value is -0.520. The predicted molar refractivity (Wildman–Crippen MR) is 51.3 cm³/mol. The molecule has 0 saturated heterocycles. The zero-order valence-corrected chi connectivity index (χ0v) is 8.15. The normalized spacial score (nSPS) is 13.4. The van der Waals surface area contributed by atoms with E-state index in [4.69, 9.17) is 0 Å². The minimum atomic E-state index is 0.685. The van der Waals surface area contributed by atoms with Crippen LogP contribution in [0.1, 0.15) is 40.5 Å². The molecular formula is C11H19. The fourth-order valence-electron chi connectivity index (χ4n) is 1.10. The van der Waals surface area contributed by atoms with Crippen LogP contribution in [0.2, 0.25) is 0 Å². The van der Waals surface area contributed by atoms with Crippen LogP contribution in [0, 0.1) is 12.0 Å². The minimum absolute atomic E-state index is 0.685. The van der Waals surface area contributed by atoms with Gasteiger partial charge in [0.2, 0.25) is 0 Å². The van der Waals surface area contributed by atoms with Crippen molar-refractivity contribution >= 4 is 0 Å². The van der Waals surface area contributed by atoms with E-state index in [-0.39, 0.29) is 0 Å². The lowest BCUT2D eigenvalue weighted by atomic mass is 10.1. The fraction of sp³-hybridized carbons (Fsp3) is 0.636. The van der Waals surface area contributed by atoms with E-state index in [9.17, 15) is 0 Å². The smallest absolute Gasteiger partial charge is 0.0288 e. The van der Waals surface area contributed by atoms with Crippen LogP contribution in [0.5, 0.6) is 0 Å². The summed E-state index contributed by atoms with van der Waals surface area (Å²) >= 11 is 0. The van der Waals surface area contributed by atoms with Gasteiger partial charge in [-0.1, -0.05) is 37.6 Å². The van der Waals surface area contributed by atoms with Crippen LogP contribution in [0.25, 0.3) is 0 Å². The predicted octanol–water partition coefficient (Wildman–Crippen LogP) is 3.75. The van der Waals surface area contributed by atoms with E-state index in [1.54, 1.807) is 0 Å². The van der Waals surface area contributed by atoms with Gasteiger partial charge in [-0.25, -0.2) is 0 Å². The van der Waals surface area contributed by atoms with E-state index in [0.717, 1.165) is 6.42 Å². The van der Waals surface area contributed by atoms with E-state index in [2.05, 4.69) is 39.0 Å². The van der Waals surface area contributed by atoms with E-state index in [1.807, 2.05) is 6.92 Å². The van der Waals surface area contributed by atoms with E-state index in [1.165, 1.54) is 12.0 Å². The zero-order chi connectivity index (χ0) is 8.69. The molecule has 0 nitrogen and oxygen atoms in total. The first-order valence-corrected chi connectivity index (χ1v) is 4.33. The van der Waals surface area contributed by atoms with Crippen LogP contribution >= 0.6 is 0 Å². The fourth-order valence-corrected chi connectivity index (χ4v) is 1.10. The van der Waals surface area contributed by atoms with Gasteiger partial charge in [0.25, 0.3) is 0 Å². The van der Waals surface area contributed by atoms with E-state index < -0.39 is 0 Å². The summed E-state index contributed by atoms with van der Waals surface area (Å²) in [6, 6.07) is 0. The van der Waals surface area contributed by atoms with Crippen molar-refractivity contribution < 1.29 is 0 Å². The highest BCUT2D eigenvalue weighted by Crippen LogP contribution is 2.08. The maximum atomic E-state index is 3.02. The van der Waals surface area contributed by atoms with Crippen LogP contribution in [0.15, 0.2) is 17.7 Å². The average molecular weight is 151 g/mol. The maximum absolute atomic E-state index is 3.02. The second-order valence-corrected chi connectivity index (χ2v) is 3.29. The second-order valence-electron chi connectivity index (χ2n) is 3.29. The highest BCUT2D eigenvalue weighted by Gasteiger charge is 1.90.